The van der Waals surface area contributed by atoms with Gasteiger partial charge in [0.15, 0.2) is 0 Å². The van der Waals surface area contributed by atoms with Crippen molar-refractivity contribution >= 4 is 44.6 Å². The zero-order valence-electron chi connectivity index (χ0n) is 16.4. The molecular formula is C24H20O3S3Sn. The fourth-order valence-corrected chi connectivity index (χ4v) is 39.3. The van der Waals surface area contributed by atoms with Gasteiger partial charge in [0.25, 0.3) is 0 Å². The monoisotopic (exact) mass is 572 g/mol. The summed E-state index contributed by atoms with van der Waals surface area (Å²) in [6.45, 7) is 0. The average molecular weight is 571 g/mol. The van der Waals surface area contributed by atoms with Gasteiger partial charge in [-0.1, -0.05) is 0 Å². The van der Waals surface area contributed by atoms with Crippen LogP contribution in [0, 0.1) is 0 Å². The SMILES string of the molecule is Oc1ccc([S][Sn]([S]c2ccc(O)cc2)([S]c2ccc(O)cc2)[c]2ccccc2)cc1. The van der Waals surface area contributed by atoms with Crippen LogP contribution in [0.25, 0.3) is 0 Å². The fourth-order valence-electron chi connectivity index (χ4n) is 2.89. The zero-order valence-corrected chi connectivity index (χ0v) is 21.7. The Morgan fingerprint density at radius 2 is 0.742 bits per heavy atom. The van der Waals surface area contributed by atoms with Gasteiger partial charge in [-0.25, -0.2) is 0 Å². The van der Waals surface area contributed by atoms with Crippen LogP contribution in [0.1, 0.15) is 0 Å². The Morgan fingerprint density at radius 3 is 1.06 bits per heavy atom. The third kappa shape index (κ3) is 5.88. The number of rotatable bonds is 7. The first-order valence-electron chi connectivity index (χ1n) is 9.52. The van der Waals surface area contributed by atoms with E-state index in [1.165, 1.54) is 3.58 Å². The van der Waals surface area contributed by atoms with Crippen LogP contribution in [-0.4, -0.2) is 29.5 Å². The predicted octanol–water partition coefficient (Wildman–Crippen LogP) is 6.33. The molecule has 7 heteroatoms. The van der Waals surface area contributed by atoms with Crippen molar-refractivity contribution in [2.75, 3.05) is 0 Å². The van der Waals surface area contributed by atoms with Crippen LogP contribution in [0.5, 0.6) is 17.2 Å². The van der Waals surface area contributed by atoms with Crippen LogP contribution in [0.3, 0.4) is 0 Å². The molecule has 4 aromatic carbocycles. The Hall–Kier alpha value is -1.87. The topological polar surface area (TPSA) is 60.7 Å². The molecular weight excluding hydrogens is 551 g/mol. The quantitative estimate of drug-likeness (QED) is 0.226. The molecule has 0 heterocycles. The van der Waals surface area contributed by atoms with E-state index in [9.17, 15) is 15.3 Å². The molecule has 4 aromatic rings. The number of aromatic hydroxyl groups is 3. The van der Waals surface area contributed by atoms with Gasteiger partial charge < -0.3 is 0 Å². The van der Waals surface area contributed by atoms with E-state index in [1.807, 2.05) is 69.3 Å². The number of phenols is 3. The summed E-state index contributed by atoms with van der Waals surface area (Å²) < 4.78 is 1.33. The van der Waals surface area contributed by atoms with Crippen LogP contribution in [-0.2, 0) is 0 Å². The van der Waals surface area contributed by atoms with Crippen LogP contribution in [0.15, 0.2) is 118 Å². The Labute approximate surface area is 193 Å². The predicted molar refractivity (Wildman–Crippen MR) is 134 cm³/mol. The number of hydrogen-bond donors (Lipinski definition) is 3. The fraction of sp³-hybridized carbons (Fsp3) is 0. The van der Waals surface area contributed by atoms with Crippen molar-refractivity contribution < 1.29 is 15.3 Å². The van der Waals surface area contributed by atoms with E-state index in [-0.39, 0.29) is 17.2 Å². The summed E-state index contributed by atoms with van der Waals surface area (Å²) in [5, 5.41) is 29.2. The molecule has 4 rings (SSSR count). The second-order valence-corrected chi connectivity index (χ2v) is 36.3. The van der Waals surface area contributed by atoms with E-state index in [2.05, 4.69) is 24.3 Å². The maximum absolute atomic E-state index is 9.74. The summed E-state index contributed by atoms with van der Waals surface area (Å²) in [5.41, 5.74) is 0. The Bertz CT molecular complexity index is 1000. The van der Waals surface area contributed by atoms with Crippen LogP contribution in [0.4, 0.5) is 0 Å². The number of hydrogen-bond acceptors (Lipinski definition) is 6. The zero-order chi connectivity index (χ0) is 21.7. The Morgan fingerprint density at radius 1 is 0.419 bits per heavy atom. The van der Waals surface area contributed by atoms with Crippen molar-refractivity contribution in [2.24, 2.45) is 0 Å². The van der Waals surface area contributed by atoms with E-state index < -0.39 is 14.2 Å². The second kappa shape index (κ2) is 10.2. The molecule has 0 spiro atoms. The summed E-state index contributed by atoms with van der Waals surface area (Å²) in [6.07, 6.45) is 0. The maximum atomic E-state index is 9.74. The molecule has 0 aromatic heterocycles. The van der Waals surface area contributed by atoms with Crippen LogP contribution in [0.2, 0.25) is 0 Å². The summed E-state index contributed by atoms with van der Waals surface area (Å²) in [5.74, 6) is 0.756. The van der Waals surface area contributed by atoms with Gasteiger partial charge in [0, 0.05) is 0 Å². The number of phenolic OH excluding ortho intramolecular Hbond substituents is 3. The van der Waals surface area contributed by atoms with Crippen molar-refractivity contribution in [2.45, 2.75) is 14.7 Å². The van der Waals surface area contributed by atoms with E-state index >= 15 is 0 Å². The van der Waals surface area contributed by atoms with Gasteiger partial charge in [0.2, 0.25) is 0 Å². The van der Waals surface area contributed by atoms with Crippen molar-refractivity contribution in [1.82, 2.24) is 0 Å². The van der Waals surface area contributed by atoms with Gasteiger partial charge in [0.05, 0.1) is 0 Å². The van der Waals surface area contributed by atoms with Crippen molar-refractivity contribution in [3.05, 3.63) is 103 Å². The third-order valence-corrected chi connectivity index (χ3v) is 37.5. The molecule has 0 aliphatic heterocycles. The molecule has 0 saturated heterocycles. The molecule has 0 unspecified atom stereocenters. The first-order chi connectivity index (χ1) is 15.0. The van der Waals surface area contributed by atoms with Crippen molar-refractivity contribution in [1.29, 1.82) is 0 Å². The average Bonchev–Trinajstić information content (AvgIpc) is 2.79. The second-order valence-electron chi connectivity index (χ2n) is 6.71. The molecule has 156 valence electrons. The molecule has 3 nitrogen and oxygen atoms in total. The van der Waals surface area contributed by atoms with E-state index in [4.69, 9.17) is 0 Å². The summed E-state index contributed by atoms with van der Waals surface area (Å²) >= 11 is -3.43. The van der Waals surface area contributed by atoms with Gasteiger partial charge in [-0.2, -0.15) is 0 Å². The molecule has 0 fully saturated rings. The summed E-state index contributed by atoms with van der Waals surface area (Å²) in [6, 6.07) is 32.7. The molecule has 0 amide bonds. The molecule has 0 bridgehead atoms. The molecule has 0 atom stereocenters. The summed E-state index contributed by atoms with van der Waals surface area (Å²) in [4.78, 5) is 3.32. The minimum atomic E-state index is -3.43. The molecule has 0 aliphatic carbocycles. The Kier molecular flexibility index (Phi) is 7.32. The third-order valence-electron chi connectivity index (χ3n) is 4.39. The molecule has 0 aliphatic rings. The van der Waals surface area contributed by atoms with Gasteiger partial charge in [-0.15, -0.1) is 0 Å². The van der Waals surface area contributed by atoms with Crippen LogP contribution < -0.4 is 3.58 Å². The van der Waals surface area contributed by atoms with Gasteiger partial charge in [-0.3, -0.25) is 0 Å². The van der Waals surface area contributed by atoms with E-state index in [0.29, 0.717) is 0 Å². The van der Waals surface area contributed by atoms with Gasteiger partial charge >= 0.3 is 195 Å². The van der Waals surface area contributed by atoms with Crippen molar-refractivity contribution in [3.8, 4) is 17.2 Å². The van der Waals surface area contributed by atoms with Crippen LogP contribution >= 0.6 is 26.8 Å². The molecule has 31 heavy (non-hydrogen) atoms. The van der Waals surface area contributed by atoms with Gasteiger partial charge in [-0.05, 0) is 0 Å². The summed E-state index contributed by atoms with van der Waals surface area (Å²) in [7, 11) is 5.69. The standard InChI is InChI=1S/3C6H6OS.C6H5.Sn/c3*7-5-1-3-6(8)4-2-5;1-2-4-6-5-3-1;/h3*1-4,7-8H;1-5H;/q;;;;+3/p-3. The van der Waals surface area contributed by atoms with E-state index in [1.54, 1.807) is 36.4 Å². The number of benzene rings is 4. The van der Waals surface area contributed by atoms with Crippen molar-refractivity contribution in [3.63, 3.8) is 0 Å². The minimum absolute atomic E-state index is 0.252. The molecule has 0 saturated carbocycles. The first-order valence-corrected chi connectivity index (χ1v) is 23.9. The Balaban J connectivity index is 1.82. The molecule has 3 N–H and O–H groups in total. The van der Waals surface area contributed by atoms with E-state index in [0.717, 1.165) is 14.7 Å². The first kappa shape index (κ1) is 22.3. The normalized spacial score (nSPS) is 11.4. The molecule has 0 radical (unpaired) electrons. The van der Waals surface area contributed by atoms with Gasteiger partial charge in [0.1, 0.15) is 0 Å².